The van der Waals surface area contributed by atoms with Crippen molar-refractivity contribution in [1.29, 1.82) is 0 Å². The van der Waals surface area contributed by atoms with Crippen molar-refractivity contribution in [2.24, 2.45) is 0 Å². The average Bonchev–Trinajstić information content (AvgIpc) is 2.41. The van der Waals surface area contributed by atoms with Gasteiger partial charge in [0.25, 0.3) is 5.56 Å². The first-order valence-corrected chi connectivity index (χ1v) is 6.54. The third-order valence-corrected chi connectivity index (χ3v) is 3.38. The summed E-state index contributed by atoms with van der Waals surface area (Å²) in [5, 5.41) is 13.0. The third-order valence-electron chi connectivity index (χ3n) is 3.38. The van der Waals surface area contributed by atoms with Crippen LogP contribution in [0.15, 0.2) is 11.0 Å². The van der Waals surface area contributed by atoms with E-state index in [4.69, 9.17) is 9.84 Å². The molecule has 0 saturated carbocycles. The van der Waals surface area contributed by atoms with Crippen LogP contribution in [0.2, 0.25) is 0 Å². The van der Waals surface area contributed by atoms with Crippen molar-refractivity contribution in [3.8, 4) is 0 Å². The summed E-state index contributed by atoms with van der Waals surface area (Å²) in [7, 11) is 0. The molecule has 5 heteroatoms. The molecule has 1 saturated heterocycles. The highest BCUT2D eigenvalue weighted by Gasteiger charge is 2.19. The Hall–Kier alpha value is -1.20. The normalized spacial score (nSPS) is 20.0. The van der Waals surface area contributed by atoms with Gasteiger partial charge < -0.3 is 9.84 Å². The number of hydrogen-bond acceptors (Lipinski definition) is 4. The molecule has 0 amide bonds. The molecule has 5 nitrogen and oxygen atoms in total. The van der Waals surface area contributed by atoms with Gasteiger partial charge in [0.1, 0.15) is 0 Å². The van der Waals surface area contributed by atoms with Gasteiger partial charge in [-0.25, -0.2) is 4.68 Å². The Morgan fingerprint density at radius 2 is 2.39 bits per heavy atom. The van der Waals surface area contributed by atoms with Crippen molar-refractivity contribution in [1.82, 2.24) is 9.78 Å². The van der Waals surface area contributed by atoms with Gasteiger partial charge in [-0.15, -0.1) is 0 Å². The summed E-state index contributed by atoms with van der Waals surface area (Å²) in [5.41, 5.74) is 1.56. The lowest BCUT2D eigenvalue weighted by molar-refractivity contribution is -0.0426. The Morgan fingerprint density at radius 1 is 1.56 bits per heavy atom. The lowest BCUT2D eigenvalue weighted by atomic mass is 10.1. The van der Waals surface area contributed by atoms with Crippen molar-refractivity contribution < 1.29 is 9.84 Å². The zero-order chi connectivity index (χ0) is 13.0. The van der Waals surface area contributed by atoms with Gasteiger partial charge >= 0.3 is 0 Å². The number of aliphatic hydroxyl groups excluding tert-OH is 1. The van der Waals surface area contributed by atoms with Gasteiger partial charge in [-0.05, 0) is 44.6 Å². The molecule has 2 rings (SSSR count). The minimum Gasteiger partial charge on any atom is -0.396 e. The molecule has 1 fully saturated rings. The van der Waals surface area contributed by atoms with Crippen LogP contribution in [-0.4, -0.2) is 28.1 Å². The number of nitrogens with zero attached hydrogens (tertiary/aromatic N) is 2. The fraction of sp³-hybridized carbons (Fsp3) is 0.692. The predicted octanol–water partition coefficient (Wildman–Crippen LogP) is 1.18. The van der Waals surface area contributed by atoms with E-state index in [0.717, 1.165) is 24.8 Å². The molecule has 1 N–H and O–H groups in total. The molecule has 1 unspecified atom stereocenters. The summed E-state index contributed by atoms with van der Waals surface area (Å²) in [6.45, 7) is 2.65. The van der Waals surface area contributed by atoms with Crippen LogP contribution < -0.4 is 5.56 Å². The SMILES string of the molecule is Cc1c(CCCO)cnn(C2CCCCO2)c1=O. The molecule has 1 aromatic rings. The molecule has 0 radical (unpaired) electrons. The standard InChI is InChI=1S/C13H20N2O3/c1-10-11(5-4-7-16)9-14-15(13(10)17)12-6-2-3-8-18-12/h9,12,16H,2-8H2,1H3. The molecule has 1 aromatic heterocycles. The predicted molar refractivity (Wildman–Crippen MR) is 67.5 cm³/mol. The van der Waals surface area contributed by atoms with Gasteiger partial charge in [-0.2, -0.15) is 5.10 Å². The van der Waals surface area contributed by atoms with Crippen molar-refractivity contribution in [3.63, 3.8) is 0 Å². The number of ether oxygens (including phenoxy) is 1. The first-order valence-electron chi connectivity index (χ1n) is 6.54. The first kappa shape index (κ1) is 13.2. The zero-order valence-electron chi connectivity index (χ0n) is 10.8. The minimum atomic E-state index is -0.211. The van der Waals surface area contributed by atoms with Gasteiger partial charge in [0.15, 0.2) is 6.23 Å². The fourth-order valence-electron chi connectivity index (χ4n) is 2.23. The van der Waals surface area contributed by atoms with Crippen LogP contribution in [0.3, 0.4) is 0 Å². The number of aliphatic hydroxyl groups is 1. The van der Waals surface area contributed by atoms with Crippen molar-refractivity contribution in [2.45, 2.75) is 45.3 Å². The molecule has 1 aliphatic rings. The highest BCUT2D eigenvalue weighted by atomic mass is 16.5. The largest absolute Gasteiger partial charge is 0.396 e. The van der Waals surface area contributed by atoms with E-state index in [-0.39, 0.29) is 18.4 Å². The summed E-state index contributed by atoms with van der Waals surface area (Å²) in [6.07, 6.45) is 5.84. The third kappa shape index (κ3) is 2.79. The highest BCUT2D eigenvalue weighted by molar-refractivity contribution is 5.19. The second-order valence-corrected chi connectivity index (χ2v) is 4.69. The Balaban J connectivity index is 2.22. The Kier molecular flexibility index (Phi) is 4.49. The van der Waals surface area contributed by atoms with E-state index < -0.39 is 0 Å². The van der Waals surface area contributed by atoms with Crippen molar-refractivity contribution in [3.05, 3.63) is 27.7 Å². The van der Waals surface area contributed by atoms with Gasteiger partial charge in [0.2, 0.25) is 0 Å². The lowest BCUT2D eigenvalue weighted by Crippen LogP contribution is -2.32. The van der Waals surface area contributed by atoms with Gasteiger partial charge in [-0.1, -0.05) is 0 Å². The van der Waals surface area contributed by atoms with Crippen LogP contribution in [0.25, 0.3) is 0 Å². The van der Waals surface area contributed by atoms with Crippen LogP contribution in [0.5, 0.6) is 0 Å². The van der Waals surface area contributed by atoms with Crippen molar-refractivity contribution in [2.75, 3.05) is 13.2 Å². The average molecular weight is 252 g/mol. The molecule has 0 bridgehead atoms. The quantitative estimate of drug-likeness (QED) is 0.873. The second kappa shape index (κ2) is 6.11. The second-order valence-electron chi connectivity index (χ2n) is 4.69. The molecule has 1 atom stereocenters. The number of rotatable bonds is 4. The van der Waals surface area contributed by atoms with Crippen LogP contribution in [0, 0.1) is 6.92 Å². The molecule has 0 aliphatic carbocycles. The maximum absolute atomic E-state index is 12.2. The summed E-state index contributed by atoms with van der Waals surface area (Å²) in [4.78, 5) is 12.2. The van der Waals surface area contributed by atoms with Crippen LogP contribution >= 0.6 is 0 Å². The topological polar surface area (TPSA) is 64.3 Å². The molecule has 2 heterocycles. The summed E-state index contributed by atoms with van der Waals surface area (Å²) in [6, 6.07) is 0. The van der Waals surface area contributed by atoms with Gasteiger partial charge in [0.05, 0.1) is 6.20 Å². The molecule has 1 aliphatic heterocycles. The maximum Gasteiger partial charge on any atom is 0.272 e. The van der Waals surface area contributed by atoms with Crippen molar-refractivity contribution >= 4 is 0 Å². The number of aromatic nitrogens is 2. The lowest BCUT2D eigenvalue weighted by Gasteiger charge is -2.23. The number of hydrogen-bond donors (Lipinski definition) is 1. The van der Waals surface area contributed by atoms with E-state index in [9.17, 15) is 4.79 Å². The summed E-state index contributed by atoms with van der Waals surface area (Å²) in [5.74, 6) is 0. The molecular weight excluding hydrogens is 232 g/mol. The van der Waals surface area contributed by atoms with E-state index in [1.165, 1.54) is 4.68 Å². The van der Waals surface area contributed by atoms with E-state index in [1.807, 2.05) is 6.92 Å². The van der Waals surface area contributed by atoms with Crippen LogP contribution in [0.1, 0.15) is 43.0 Å². The fourth-order valence-corrected chi connectivity index (χ4v) is 2.23. The smallest absolute Gasteiger partial charge is 0.272 e. The monoisotopic (exact) mass is 252 g/mol. The molecule has 0 aromatic carbocycles. The molecule has 0 spiro atoms. The Labute approximate surface area is 106 Å². The minimum absolute atomic E-state index is 0.0719. The Bertz CT molecular complexity index is 450. The van der Waals surface area contributed by atoms with E-state index in [2.05, 4.69) is 5.10 Å². The first-order chi connectivity index (χ1) is 8.74. The van der Waals surface area contributed by atoms with Crippen LogP contribution in [-0.2, 0) is 11.2 Å². The highest BCUT2D eigenvalue weighted by Crippen LogP contribution is 2.20. The zero-order valence-corrected chi connectivity index (χ0v) is 10.8. The molecular formula is C13H20N2O3. The van der Waals surface area contributed by atoms with E-state index in [0.29, 0.717) is 25.0 Å². The Morgan fingerprint density at radius 3 is 3.06 bits per heavy atom. The van der Waals surface area contributed by atoms with Gasteiger partial charge in [0, 0.05) is 18.8 Å². The number of aryl methyl sites for hydroxylation is 1. The summed E-state index contributed by atoms with van der Waals surface area (Å²) < 4.78 is 7.04. The van der Waals surface area contributed by atoms with E-state index in [1.54, 1.807) is 6.20 Å². The van der Waals surface area contributed by atoms with E-state index >= 15 is 0 Å². The van der Waals surface area contributed by atoms with Crippen LogP contribution in [0.4, 0.5) is 0 Å². The van der Waals surface area contributed by atoms with Gasteiger partial charge in [-0.3, -0.25) is 4.79 Å². The molecule has 18 heavy (non-hydrogen) atoms. The maximum atomic E-state index is 12.2. The summed E-state index contributed by atoms with van der Waals surface area (Å²) >= 11 is 0. The molecule has 100 valence electrons.